The summed E-state index contributed by atoms with van der Waals surface area (Å²) < 4.78 is 30.7. The molecule has 1 fully saturated rings. The van der Waals surface area contributed by atoms with Gasteiger partial charge in [0, 0.05) is 28.8 Å². The van der Waals surface area contributed by atoms with Crippen LogP contribution < -0.4 is 10.2 Å². The largest absolute Gasteiger partial charge is 0.352 e. The average molecular weight is 565 g/mol. The van der Waals surface area contributed by atoms with E-state index in [4.69, 9.17) is 16.7 Å². The first-order valence-electron chi connectivity index (χ1n) is 12.5. The van der Waals surface area contributed by atoms with Crippen molar-refractivity contribution in [3.63, 3.8) is 0 Å². The van der Waals surface area contributed by atoms with Crippen LogP contribution in [0, 0.1) is 11.6 Å². The lowest BCUT2D eigenvalue weighted by Gasteiger charge is -2.23. The summed E-state index contributed by atoms with van der Waals surface area (Å²) in [5.41, 5.74) is 2.51. The molecule has 0 unspecified atom stereocenters. The molecule has 1 saturated carbocycles. The van der Waals surface area contributed by atoms with Gasteiger partial charge in [0.15, 0.2) is 0 Å². The highest BCUT2D eigenvalue weighted by Gasteiger charge is 2.39. The molecule has 0 spiro atoms. The van der Waals surface area contributed by atoms with Crippen LogP contribution in [0.3, 0.4) is 0 Å². The maximum atomic E-state index is 15.3. The van der Waals surface area contributed by atoms with E-state index >= 15 is 4.39 Å². The summed E-state index contributed by atoms with van der Waals surface area (Å²) in [6.45, 7) is -0.230. The van der Waals surface area contributed by atoms with E-state index in [1.165, 1.54) is 28.8 Å². The Morgan fingerprint density at radius 1 is 1.05 bits per heavy atom. The molecule has 6 rings (SSSR count). The Morgan fingerprint density at radius 2 is 1.79 bits per heavy atom. The topological polar surface area (TPSA) is 67.2 Å². The van der Waals surface area contributed by atoms with E-state index in [1.54, 1.807) is 28.9 Å². The van der Waals surface area contributed by atoms with E-state index in [2.05, 4.69) is 5.32 Å². The molecule has 1 atom stereocenters. The lowest BCUT2D eigenvalue weighted by molar-refractivity contribution is -0.123. The molecule has 0 bridgehead atoms. The van der Waals surface area contributed by atoms with Crippen LogP contribution in [-0.4, -0.2) is 39.9 Å². The Hall–Kier alpha value is -3.69. The number of thioether (sulfide) groups is 1. The lowest BCUT2D eigenvalue weighted by atomic mass is 9.99. The molecule has 1 N–H and O–H groups in total. The summed E-state index contributed by atoms with van der Waals surface area (Å²) >= 11 is 7.82. The van der Waals surface area contributed by atoms with Crippen LogP contribution in [0.2, 0.25) is 5.02 Å². The van der Waals surface area contributed by atoms with Crippen molar-refractivity contribution >= 4 is 41.0 Å². The second kappa shape index (κ2) is 10.5. The quantitative estimate of drug-likeness (QED) is 0.316. The number of nitrogens with zero attached hydrogens (tertiary/aromatic N) is 3. The maximum absolute atomic E-state index is 15.3. The second-order valence-corrected chi connectivity index (χ2v) is 11.0. The van der Waals surface area contributed by atoms with Gasteiger partial charge >= 0.3 is 0 Å². The fourth-order valence-electron chi connectivity index (χ4n) is 4.72. The van der Waals surface area contributed by atoms with Crippen LogP contribution in [0.4, 0.5) is 14.6 Å². The smallest absolute Gasteiger partial charge is 0.240 e. The fraction of sp³-hybridized carbons (Fsp3) is 0.207. The van der Waals surface area contributed by atoms with Gasteiger partial charge in [0.25, 0.3) is 0 Å². The van der Waals surface area contributed by atoms with Crippen LogP contribution in [0.1, 0.15) is 29.2 Å². The lowest BCUT2D eigenvalue weighted by Crippen LogP contribution is -2.43. The molecule has 6 nitrogen and oxygen atoms in total. The Bertz CT molecular complexity index is 1580. The van der Waals surface area contributed by atoms with Crippen molar-refractivity contribution in [1.29, 1.82) is 0 Å². The number of halogens is 3. The van der Waals surface area contributed by atoms with Crippen molar-refractivity contribution in [3.8, 4) is 16.9 Å². The van der Waals surface area contributed by atoms with E-state index in [-0.39, 0.29) is 35.7 Å². The number of carbonyl (C=O) groups excluding carboxylic acids is 2. The minimum absolute atomic E-state index is 0.0242. The number of rotatable bonds is 6. The molecule has 39 heavy (non-hydrogen) atoms. The molecule has 2 amide bonds. The third-order valence-electron chi connectivity index (χ3n) is 6.71. The standard InChI is InChI=1S/C29H23ClF2N4O2S/c30-21-8-4-5-9-23(21)36-29-26(27(34-36)17-6-2-1-3-7-17)28(20-13-10-18(31)14-22(20)32)39-16-25(38)35(29)15-24(37)33-19-11-12-19/h1-10,13-14,19,28H,11-12,15-16H2,(H,33,37)/t28-/m0/s1. The fourth-order valence-corrected chi connectivity index (χ4v) is 6.16. The Morgan fingerprint density at radius 3 is 2.51 bits per heavy atom. The van der Waals surface area contributed by atoms with Crippen LogP contribution >= 0.6 is 23.4 Å². The maximum Gasteiger partial charge on any atom is 0.240 e. The third kappa shape index (κ3) is 5.04. The number of benzene rings is 3. The Labute approximate surface area is 233 Å². The number of aromatic nitrogens is 2. The molecular weight excluding hydrogens is 542 g/mol. The van der Waals surface area contributed by atoms with Gasteiger partial charge in [-0.25, -0.2) is 13.5 Å². The number of fused-ring (bicyclic) bond motifs is 1. The summed E-state index contributed by atoms with van der Waals surface area (Å²) in [6.07, 6.45) is 1.81. The number of para-hydroxylation sites is 1. The van der Waals surface area contributed by atoms with Gasteiger partial charge in [-0.2, -0.15) is 5.10 Å². The van der Waals surface area contributed by atoms with E-state index in [9.17, 15) is 14.0 Å². The molecule has 1 aliphatic carbocycles. The van der Waals surface area contributed by atoms with Gasteiger partial charge in [0.1, 0.15) is 24.0 Å². The van der Waals surface area contributed by atoms with Gasteiger partial charge < -0.3 is 5.32 Å². The molecule has 0 saturated heterocycles. The highest BCUT2D eigenvalue weighted by Crippen LogP contribution is 2.49. The molecule has 10 heteroatoms. The Balaban J connectivity index is 1.63. The molecule has 198 valence electrons. The number of nitrogens with one attached hydrogen (secondary N) is 1. The summed E-state index contributed by atoms with van der Waals surface area (Å²) in [6, 6.07) is 19.9. The summed E-state index contributed by atoms with van der Waals surface area (Å²) in [7, 11) is 0. The van der Waals surface area contributed by atoms with Crippen LogP contribution in [0.15, 0.2) is 72.8 Å². The van der Waals surface area contributed by atoms with Crippen molar-refractivity contribution in [2.24, 2.45) is 0 Å². The highest BCUT2D eigenvalue weighted by atomic mass is 35.5. The monoisotopic (exact) mass is 564 g/mol. The summed E-state index contributed by atoms with van der Waals surface area (Å²) in [5.74, 6) is -1.73. The number of carbonyl (C=O) groups is 2. The highest BCUT2D eigenvalue weighted by molar-refractivity contribution is 8.00. The van der Waals surface area contributed by atoms with Gasteiger partial charge in [0.2, 0.25) is 11.8 Å². The van der Waals surface area contributed by atoms with E-state index < -0.39 is 16.9 Å². The molecular formula is C29H23ClF2N4O2S. The van der Waals surface area contributed by atoms with Crippen molar-refractivity contribution in [2.75, 3.05) is 17.2 Å². The number of anilines is 1. The number of hydrogen-bond donors (Lipinski definition) is 1. The zero-order valence-electron chi connectivity index (χ0n) is 20.6. The molecule has 3 aromatic carbocycles. The van der Waals surface area contributed by atoms with Crippen molar-refractivity contribution in [1.82, 2.24) is 15.1 Å². The molecule has 2 heterocycles. The van der Waals surface area contributed by atoms with Gasteiger partial charge in [-0.3, -0.25) is 14.5 Å². The van der Waals surface area contributed by atoms with Crippen LogP contribution in [0.5, 0.6) is 0 Å². The van der Waals surface area contributed by atoms with Gasteiger partial charge in [-0.05, 0) is 31.0 Å². The van der Waals surface area contributed by atoms with Gasteiger partial charge in [-0.1, -0.05) is 60.1 Å². The second-order valence-electron chi connectivity index (χ2n) is 9.49. The molecule has 1 aromatic heterocycles. The predicted octanol–water partition coefficient (Wildman–Crippen LogP) is 5.92. The molecule has 0 radical (unpaired) electrons. The number of amides is 2. The average Bonchev–Trinajstić information content (AvgIpc) is 3.68. The first kappa shape index (κ1) is 25.6. The minimum Gasteiger partial charge on any atom is -0.352 e. The van der Waals surface area contributed by atoms with Crippen LogP contribution in [0.25, 0.3) is 16.9 Å². The van der Waals surface area contributed by atoms with Crippen molar-refractivity contribution in [3.05, 3.63) is 101 Å². The van der Waals surface area contributed by atoms with Crippen LogP contribution in [-0.2, 0) is 9.59 Å². The number of hydrogen-bond acceptors (Lipinski definition) is 4. The van der Waals surface area contributed by atoms with E-state index in [0.717, 1.165) is 24.5 Å². The molecule has 2 aliphatic rings. The minimum atomic E-state index is -0.727. The zero-order chi connectivity index (χ0) is 27.1. The van der Waals surface area contributed by atoms with E-state index in [0.29, 0.717) is 27.8 Å². The van der Waals surface area contributed by atoms with Crippen molar-refractivity contribution in [2.45, 2.75) is 24.1 Å². The first-order valence-corrected chi connectivity index (χ1v) is 13.9. The predicted molar refractivity (Wildman–Crippen MR) is 148 cm³/mol. The third-order valence-corrected chi connectivity index (χ3v) is 8.26. The van der Waals surface area contributed by atoms with Gasteiger partial charge in [0.05, 0.1) is 27.4 Å². The zero-order valence-corrected chi connectivity index (χ0v) is 22.2. The van der Waals surface area contributed by atoms with Crippen molar-refractivity contribution < 1.29 is 18.4 Å². The van der Waals surface area contributed by atoms with E-state index in [1.807, 2.05) is 30.3 Å². The van der Waals surface area contributed by atoms with Gasteiger partial charge in [-0.15, -0.1) is 11.8 Å². The Kier molecular flexibility index (Phi) is 6.86. The summed E-state index contributed by atoms with van der Waals surface area (Å²) in [5, 5.41) is 7.54. The SMILES string of the molecule is O=C(CN1C(=O)CS[C@@H](c2ccc(F)cc2F)c2c(-c3ccccc3)nn(-c3ccccc3Cl)c21)NC1CC1. The summed E-state index contributed by atoms with van der Waals surface area (Å²) in [4.78, 5) is 28.0. The molecule has 1 aliphatic heterocycles. The normalized spacial score (nSPS) is 17.1. The molecule has 4 aromatic rings. The first-order chi connectivity index (χ1) is 18.9.